The molecule has 1 heterocycles. The van der Waals surface area contributed by atoms with Crippen LogP contribution < -0.4 is 19.5 Å². The number of ether oxygens (including phenoxy) is 3. The molecule has 0 radical (unpaired) electrons. The SMILES string of the molecule is COc1ccc(-c2cc(C(=O)NCCc3ccc(OC)c(OC)c3)n(-c3ccccc3)n2)cc1. The molecule has 34 heavy (non-hydrogen) atoms. The first-order valence-electron chi connectivity index (χ1n) is 10.9. The molecule has 0 unspecified atom stereocenters. The fourth-order valence-electron chi connectivity index (χ4n) is 3.66. The topological polar surface area (TPSA) is 74.6 Å². The average Bonchev–Trinajstić information content (AvgIpc) is 3.35. The van der Waals surface area contributed by atoms with Gasteiger partial charge in [0.1, 0.15) is 11.4 Å². The van der Waals surface area contributed by atoms with Crippen molar-refractivity contribution in [3.8, 4) is 34.2 Å². The van der Waals surface area contributed by atoms with Crippen LogP contribution in [0.25, 0.3) is 16.9 Å². The fraction of sp³-hybridized carbons (Fsp3) is 0.185. The monoisotopic (exact) mass is 457 g/mol. The molecule has 3 aromatic carbocycles. The number of rotatable bonds is 9. The van der Waals surface area contributed by atoms with E-state index >= 15 is 0 Å². The first-order valence-corrected chi connectivity index (χ1v) is 10.9. The quantitative estimate of drug-likeness (QED) is 0.400. The third kappa shape index (κ3) is 5.04. The highest BCUT2D eigenvalue weighted by atomic mass is 16.5. The molecular weight excluding hydrogens is 430 g/mol. The van der Waals surface area contributed by atoms with Crippen molar-refractivity contribution in [1.82, 2.24) is 15.1 Å². The maximum absolute atomic E-state index is 13.2. The molecule has 1 N–H and O–H groups in total. The lowest BCUT2D eigenvalue weighted by molar-refractivity contribution is 0.0946. The zero-order valence-corrected chi connectivity index (χ0v) is 19.4. The maximum atomic E-state index is 13.2. The molecule has 0 aliphatic carbocycles. The second-order valence-electron chi connectivity index (χ2n) is 7.59. The van der Waals surface area contributed by atoms with Gasteiger partial charge in [0, 0.05) is 12.1 Å². The Labute approximate surface area is 198 Å². The molecule has 1 amide bonds. The van der Waals surface area contributed by atoms with Gasteiger partial charge >= 0.3 is 0 Å². The molecule has 0 atom stereocenters. The summed E-state index contributed by atoms with van der Waals surface area (Å²) in [5.41, 5.74) is 3.91. The van der Waals surface area contributed by atoms with Crippen LogP contribution in [0.1, 0.15) is 16.1 Å². The van der Waals surface area contributed by atoms with Crippen LogP contribution in [0.15, 0.2) is 78.9 Å². The summed E-state index contributed by atoms with van der Waals surface area (Å²) in [7, 11) is 4.84. The molecule has 1 aromatic heterocycles. The van der Waals surface area contributed by atoms with Crippen molar-refractivity contribution in [1.29, 1.82) is 0 Å². The second kappa shape index (κ2) is 10.6. The zero-order chi connectivity index (χ0) is 23.9. The van der Waals surface area contributed by atoms with Gasteiger partial charge in [0.2, 0.25) is 0 Å². The first-order chi connectivity index (χ1) is 16.6. The van der Waals surface area contributed by atoms with Crippen molar-refractivity contribution in [3.05, 3.63) is 90.1 Å². The Hall–Kier alpha value is -4.26. The summed E-state index contributed by atoms with van der Waals surface area (Å²) in [6.07, 6.45) is 0.650. The van der Waals surface area contributed by atoms with Gasteiger partial charge < -0.3 is 19.5 Å². The average molecular weight is 458 g/mol. The van der Waals surface area contributed by atoms with E-state index in [9.17, 15) is 4.79 Å². The molecular formula is C27H27N3O4. The van der Waals surface area contributed by atoms with Crippen LogP contribution in [-0.4, -0.2) is 43.6 Å². The molecule has 0 aliphatic heterocycles. The van der Waals surface area contributed by atoms with Gasteiger partial charge in [0.25, 0.3) is 5.91 Å². The lowest BCUT2D eigenvalue weighted by atomic mass is 10.1. The van der Waals surface area contributed by atoms with Crippen LogP contribution in [0.5, 0.6) is 17.2 Å². The summed E-state index contributed by atoms with van der Waals surface area (Å²) >= 11 is 0. The Balaban J connectivity index is 1.54. The van der Waals surface area contributed by atoms with Crippen molar-refractivity contribution in [2.75, 3.05) is 27.9 Å². The third-order valence-electron chi connectivity index (χ3n) is 5.48. The van der Waals surface area contributed by atoms with Crippen LogP contribution in [0.3, 0.4) is 0 Å². The number of benzene rings is 3. The number of hydrogen-bond donors (Lipinski definition) is 1. The van der Waals surface area contributed by atoms with Gasteiger partial charge in [0.05, 0.1) is 32.7 Å². The highest BCUT2D eigenvalue weighted by Crippen LogP contribution is 2.28. The van der Waals surface area contributed by atoms with Gasteiger partial charge in [-0.3, -0.25) is 4.79 Å². The molecule has 4 rings (SSSR count). The van der Waals surface area contributed by atoms with Crippen LogP contribution in [0.4, 0.5) is 0 Å². The number of aromatic nitrogens is 2. The standard InChI is InChI=1S/C27H27N3O4/c1-32-22-12-10-20(11-13-22)23-18-24(30(29-23)21-7-5-4-6-8-21)27(31)28-16-15-19-9-14-25(33-2)26(17-19)34-3/h4-14,17-18H,15-16H2,1-3H3,(H,28,31). The first kappa shape index (κ1) is 22.9. The van der Waals surface area contributed by atoms with Crippen molar-refractivity contribution < 1.29 is 19.0 Å². The number of nitrogens with zero attached hydrogens (tertiary/aromatic N) is 2. The Bertz CT molecular complexity index is 1250. The van der Waals surface area contributed by atoms with Gasteiger partial charge in [-0.15, -0.1) is 0 Å². The number of hydrogen-bond acceptors (Lipinski definition) is 5. The summed E-state index contributed by atoms with van der Waals surface area (Å²) < 4.78 is 17.6. The predicted molar refractivity (Wildman–Crippen MR) is 131 cm³/mol. The second-order valence-corrected chi connectivity index (χ2v) is 7.59. The van der Waals surface area contributed by atoms with E-state index < -0.39 is 0 Å². The van der Waals surface area contributed by atoms with Crippen molar-refractivity contribution in [2.24, 2.45) is 0 Å². The molecule has 0 spiro atoms. The van der Waals surface area contributed by atoms with Crippen LogP contribution in [-0.2, 0) is 6.42 Å². The van der Waals surface area contributed by atoms with Crippen LogP contribution >= 0.6 is 0 Å². The minimum absolute atomic E-state index is 0.198. The van der Waals surface area contributed by atoms with Gasteiger partial charge in [0.15, 0.2) is 11.5 Å². The summed E-state index contributed by atoms with van der Waals surface area (Å²) in [5, 5.41) is 7.73. The Morgan fingerprint density at radius 2 is 1.59 bits per heavy atom. The lowest BCUT2D eigenvalue weighted by Crippen LogP contribution is -2.27. The Morgan fingerprint density at radius 1 is 0.853 bits per heavy atom. The predicted octanol–water partition coefficient (Wildman–Crippen LogP) is 4.54. The van der Waals surface area contributed by atoms with E-state index in [0.29, 0.717) is 35.9 Å². The molecule has 0 aliphatic rings. The molecule has 0 bridgehead atoms. The van der Waals surface area contributed by atoms with Gasteiger partial charge in [-0.05, 0) is 66.6 Å². The Kier molecular flexibility index (Phi) is 7.13. The molecule has 174 valence electrons. The summed E-state index contributed by atoms with van der Waals surface area (Å²) in [6, 6.07) is 24.8. The maximum Gasteiger partial charge on any atom is 0.270 e. The summed E-state index contributed by atoms with van der Waals surface area (Å²) in [5.74, 6) is 1.90. The largest absolute Gasteiger partial charge is 0.497 e. The fourth-order valence-corrected chi connectivity index (χ4v) is 3.66. The lowest BCUT2D eigenvalue weighted by Gasteiger charge is -2.11. The molecule has 7 heteroatoms. The number of amides is 1. The molecule has 0 fully saturated rings. The molecule has 7 nitrogen and oxygen atoms in total. The van der Waals surface area contributed by atoms with Crippen LogP contribution in [0, 0.1) is 0 Å². The highest BCUT2D eigenvalue weighted by molar-refractivity contribution is 5.94. The molecule has 4 aromatic rings. The minimum atomic E-state index is -0.198. The number of carbonyl (C=O) groups excluding carboxylic acids is 1. The summed E-state index contributed by atoms with van der Waals surface area (Å²) in [6.45, 7) is 0.464. The van der Waals surface area contributed by atoms with Gasteiger partial charge in [-0.2, -0.15) is 5.10 Å². The highest BCUT2D eigenvalue weighted by Gasteiger charge is 2.17. The van der Waals surface area contributed by atoms with Gasteiger partial charge in [-0.1, -0.05) is 24.3 Å². The van der Waals surface area contributed by atoms with Gasteiger partial charge in [-0.25, -0.2) is 4.68 Å². The van der Waals surface area contributed by atoms with E-state index in [1.54, 1.807) is 32.1 Å². The number of methoxy groups -OCH3 is 3. The minimum Gasteiger partial charge on any atom is -0.497 e. The summed E-state index contributed by atoms with van der Waals surface area (Å²) in [4.78, 5) is 13.2. The van der Waals surface area contributed by atoms with E-state index in [2.05, 4.69) is 5.32 Å². The van der Waals surface area contributed by atoms with E-state index in [-0.39, 0.29) is 5.91 Å². The van der Waals surface area contributed by atoms with E-state index in [1.807, 2.05) is 72.8 Å². The molecule has 0 saturated carbocycles. The normalized spacial score (nSPS) is 10.6. The van der Waals surface area contributed by atoms with E-state index in [4.69, 9.17) is 19.3 Å². The van der Waals surface area contributed by atoms with Crippen molar-refractivity contribution in [2.45, 2.75) is 6.42 Å². The molecule has 0 saturated heterocycles. The van der Waals surface area contributed by atoms with E-state index in [0.717, 1.165) is 22.6 Å². The van der Waals surface area contributed by atoms with E-state index in [1.165, 1.54) is 0 Å². The Morgan fingerprint density at radius 3 is 2.26 bits per heavy atom. The van der Waals surface area contributed by atoms with Crippen molar-refractivity contribution in [3.63, 3.8) is 0 Å². The van der Waals surface area contributed by atoms with Crippen LogP contribution in [0.2, 0.25) is 0 Å². The zero-order valence-electron chi connectivity index (χ0n) is 19.4. The number of nitrogens with one attached hydrogen (secondary N) is 1. The van der Waals surface area contributed by atoms with Crippen molar-refractivity contribution >= 4 is 5.91 Å². The third-order valence-corrected chi connectivity index (χ3v) is 5.48. The number of carbonyl (C=O) groups is 1. The number of para-hydroxylation sites is 1. The smallest absolute Gasteiger partial charge is 0.270 e.